The number of amides is 1. The quantitative estimate of drug-likeness (QED) is 0.851. The number of hydrogen-bond acceptors (Lipinski definition) is 3. The first-order valence-corrected chi connectivity index (χ1v) is 5.59. The monoisotopic (exact) mass is 266 g/mol. The van der Waals surface area contributed by atoms with Gasteiger partial charge in [0.25, 0.3) is 5.91 Å². The number of nitrogens with one attached hydrogen (secondary N) is 1. The smallest absolute Gasteiger partial charge is 0.326 e. The molecule has 0 aliphatic rings. The summed E-state index contributed by atoms with van der Waals surface area (Å²) in [6.07, 6.45) is 0.113. The van der Waals surface area contributed by atoms with E-state index in [1.165, 1.54) is 6.07 Å². The molecule has 1 atom stereocenters. The molecule has 2 N–H and O–H groups in total. The topological polar surface area (TPSA) is 90.2 Å². The Morgan fingerprint density at radius 3 is 2.67 bits per heavy atom. The minimum Gasteiger partial charge on any atom is -0.480 e. The van der Waals surface area contributed by atoms with E-state index in [0.717, 1.165) is 0 Å². The molecule has 5 nitrogen and oxygen atoms in total. The van der Waals surface area contributed by atoms with Gasteiger partial charge in [-0.25, -0.2) is 4.79 Å². The SMILES string of the molecule is N#CCC[C@@H](NC(=O)c1ccccc1Cl)C(=O)O. The Morgan fingerprint density at radius 1 is 1.44 bits per heavy atom. The molecule has 6 heteroatoms. The van der Waals surface area contributed by atoms with Crippen LogP contribution in [-0.4, -0.2) is 23.0 Å². The normalized spacial score (nSPS) is 11.3. The molecule has 18 heavy (non-hydrogen) atoms. The minimum absolute atomic E-state index is 0.0553. The molecule has 1 rings (SSSR count). The fourth-order valence-corrected chi connectivity index (χ4v) is 1.57. The van der Waals surface area contributed by atoms with Crippen LogP contribution in [0.15, 0.2) is 24.3 Å². The highest BCUT2D eigenvalue weighted by Crippen LogP contribution is 2.15. The number of carbonyl (C=O) groups is 2. The molecular weight excluding hydrogens is 256 g/mol. The zero-order valence-corrected chi connectivity index (χ0v) is 10.1. The van der Waals surface area contributed by atoms with Gasteiger partial charge < -0.3 is 10.4 Å². The van der Waals surface area contributed by atoms with Gasteiger partial charge in [0.2, 0.25) is 0 Å². The van der Waals surface area contributed by atoms with Crippen molar-refractivity contribution >= 4 is 23.5 Å². The summed E-state index contributed by atoms with van der Waals surface area (Å²) in [5.74, 6) is -1.74. The molecule has 0 saturated heterocycles. The minimum atomic E-state index is -1.18. The second-order valence-corrected chi connectivity index (χ2v) is 3.95. The van der Waals surface area contributed by atoms with Crippen molar-refractivity contribution in [1.29, 1.82) is 5.26 Å². The van der Waals surface area contributed by atoms with Crippen LogP contribution in [0.3, 0.4) is 0 Å². The predicted molar refractivity (Wildman–Crippen MR) is 65.2 cm³/mol. The number of aliphatic carboxylic acids is 1. The summed E-state index contributed by atoms with van der Waals surface area (Å²) in [6.45, 7) is 0. The maximum Gasteiger partial charge on any atom is 0.326 e. The summed E-state index contributed by atoms with van der Waals surface area (Å²) in [5, 5.41) is 19.9. The number of nitriles is 1. The third-order valence-electron chi connectivity index (χ3n) is 2.27. The van der Waals surface area contributed by atoms with Crippen molar-refractivity contribution in [3.8, 4) is 6.07 Å². The largest absolute Gasteiger partial charge is 0.480 e. The molecule has 94 valence electrons. The van der Waals surface area contributed by atoms with Crippen LogP contribution in [0, 0.1) is 11.3 Å². The number of carbonyl (C=O) groups excluding carboxylic acids is 1. The van der Waals surface area contributed by atoms with Crippen molar-refractivity contribution in [3.05, 3.63) is 34.9 Å². The fraction of sp³-hybridized carbons (Fsp3) is 0.250. The van der Waals surface area contributed by atoms with Gasteiger partial charge in [-0.3, -0.25) is 4.79 Å². The van der Waals surface area contributed by atoms with Crippen LogP contribution in [0.25, 0.3) is 0 Å². The predicted octanol–water partition coefficient (Wildman–Crippen LogP) is 1.83. The van der Waals surface area contributed by atoms with Crippen molar-refractivity contribution in [3.63, 3.8) is 0 Å². The Kier molecular flexibility index (Phi) is 5.15. The number of rotatable bonds is 5. The Labute approximate surface area is 109 Å². The van der Waals surface area contributed by atoms with Crippen LogP contribution < -0.4 is 5.32 Å². The summed E-state index contributed by atoms with van der Waals surface area (Å²) in [5.41, 5.74) is 0.211. The van der Waals surface area contributed by atoms with Gasteiger partial charge in [0.05, 0.1) is 16.7 Å². The van der Waals surface area contributed by atoms with Crippen LogP contribution in [0.1, 0.15) is 23.2 Å². The van der Waals surface area contributed by atoms with Gasteiger partial charge in [0, 0.05) is 6.42 Å². The van der Waals surface area contributed by atoms with E-state index in [0.29, 0.717) is 0 Å². The van der Waals surface area contributed by atoms with Gasteiger partial charge in [-0.05, 0) is 18.6 Å². The number of carboxylic acids is 1. The number of halogens is 1. The van der Waals surface area contributed by atoms with Crippen molar-refractivity contribution in [2.45, 2.75) is 18.9 Å². The van der Waals surface area contributed by atoms with Crippen LogP contribution in [0.2, 0.25) is 5.02 Å². The summed E-state index contributed by atoms with van der Waals surface area (Å²) in [6, 6.07) is 7.09. The summed E-state index contributed by atoms with van der Waals surface area (Å²) < 4.78 is 0. The van der Waals surface area contributed by atoms with Gasteiger partial charge in [-0.1, -0.05) is 23.7 Å². The molecule has 0 spiro atoms. The molecule has 1 aromatic rings. The number of carboxylic acid groups (broad SMARTS) is 1. The zero-order chi connectivity index (χ0) is 13.5. The highest BCUT2D eigenvalue weighted by molar-refractivity contribution is 6.33. The van der Waals surface area contributed by atoms with E-state index in [9.17, 15) is 9.59 Å². The standard InChI is InChI=1S/C12H11ClN2O3/c13-9-5-2-1-4-8(9)11(16)15-10(12(17)18)6-3-7-14/h1-2,4-5,10H,3,6H2,(H,15,16)(H,17,18)/t10-/m1/s1. The lowest BCUT2D eigenvalue weighted by atomic mass is 10.1. The van der Waals surface area contributed by atoms with Gasteiger partial charge in [-0.2, -0.15) is 5.26 Å². The van der Waals surface area contributed by atoms with Gasteiger partial charge in [-0.15, -0.1) is 0 Å². The Balaban J connectivity index is 2.76. The molecule has 0 aromatic heterocycles. The average molecular weight is 267 g/mol. The lowest BCUT2D eigenvalue weighted by molar-refractivity contribution is -0.139. The summed E-state index contributed by atoms with van der Waals surface area (Å²) >= 11 is 5.83. The maximum atomic E-state index is 11.8. The molecule has 0 aliphatic carbocycles. The van der Waals surface area contributed by atoms with Crippen LogP contribution in [-0.2, 0) is 4.79 Å². The lowest BCUT2D eigenvalue weighted by Gasteiger charge is -2.13. The van der Waals surface area contributed by atoms with Gasteiger partial charge in [0.1, 0.15) is 6.04 Å². The molecule has 0 saturated carbocycles. The zero-order valence-electron chi connectivity index (χ0n) is 9.39. The first-order chi connectivity index (χ1) is 8.56. The maximum absolute atomic E-state index is 11.8. The number of nitrogens with zero attached hydrogens (tertiary/aromatic N) is 1. The first-order valence-electron chi connectivity index (χ1n) is 5.21. The van der Waals surface area contributed by atoms with E-state index < -0.39 is 17.9 Å². The highest BCUT2D eigenvalue weighted by atomic mass is 35.5. The summed E-state index contributed by atoms with van der Waals surface area (Å²) in [4.78, 5) is 22.7. The molecule has 0 fully saturated rings. The number of benzene rings is 1. The van der Waals surface area contributed by atoms with E-state index in [1.54, 1.807) is 18.2 Å². The Bertz CT molecular complexity index is 496. The van der Waals surface area contributed by atoms with E-state index in [1.807, 2.05) is 6.07 Å². The van der Waals surface area contributed by atoms with Crippen molar-refractivity contribution in [2.75, 3.05) is 0 Å². The third kappa shape index (κ3) is 3.75. The lowest BCUT2D eigenvalue weighted by Crippen LogP contribution is -2.40. The van der Waals surface area contributed by atoms with E-state index >= 15 is 0 Å². The molecule has 0 radical (unpaired) electrons. The van der Waals surface area contributed by atoms with Crippen molar-refractivity contribution in [1.82, 2.24) is 5.32 Å². The van der Waals surface area contributed by atoms with Gasteiger partial charge in [0.15, 0.2) is 0 Å². The van der Waals surface area contributed by atoms with E-state index in [-0.39, 0.29) is 23.4 Å². The molecule has 0 heterocycles. The van der Waals surface area contributed by atoms with E-state index in [4.69, 9.17) is 22.0 Å². The molecule has 0 unspecified atom stereocenters. The molecule has 1 aromatic carbocycles. The highest BCUT2D eigenvalue weighted by Gasteiger charge is 2.21. The average Bonchev–Trinajstić information content (AvgIpc) is 2.34. The summed E-state index contributed by atoms with van der Waals surface area (Å²) in [7, 11) is 0. The van der Waals surface area contributed by atoms with Crippen molar-refractivity contribution in [2.24, 2.45) is 0 Å². The van der Waals surface area contributed by atoms with Gasteiger partial charge >= 0.3 is 5.97 Å². The second kappa shape index (κ2) is 6.62. The Hall–Kier alpha value is -2.06. The van der Waals surface area contributed by atoms with Crippen molar-refractivity contribution < 1.29 is 14.7 Å². The van der Waals surface area contributed by atoms with Crippen LogP contribution in [0.4, 0.5) is 0 Å². The second-order valence-electron chi connectivity index (χ2n) is 3.54. The van der Waals surface area contributed by atoms with E-state index in [2.05, 4.69) is 5.32 Å². The molecular formula is C12H11ClN2O3. The molecule has 1 amide bonds. The molecule has 0 aliphatic heterocycles. The van der Waals surface area contributed by atoms with Crippen LogP contribution in [0.5, 0.6) is 0 Å². The third-order valence-corrected chi connectivity index (χ3v) is 2.60. The number of hydrogen-bond donors (Lipinski definition) is 2. The van der Waals surface area contributed by atoms with Crippen LogP contribution >= 0.6 is 11.6 Å². The Morgan fingerprint density at radius 2 is 2.11 bits per heavy atom. The molecule has 0 bridgehead atoms. The fourth-order valence-electron chi connectivity index (χ4n) is 1.35. The first kappa shape index (κ1) is 14.0.